The summed E-state index contributed by atoms with van der Waals surface area (Å²) in [5.41, 5.74) is 0. The van der Waals surface area contributed by atoms with Crippen molar-refractivity contribution in [3.05, 3.63) is 10.8 Å². The predicted molar refractivity (Wildman–Crippen MR) is 80.5 cm³/mol. The molecule has 0 atom stereocenters. The Morgan fingerprint density at radius 2 is 1.95 bits per heavy atom. The van der Waals surface area contributed by atoms with E-state index in [1.807, 2.05) is 0 Å². The molecule has 6 heteroatoms. The normalized spacial score (nSPS) is 16.3. The second-order valence-corrected chi connectivity index (χ2v) is 5.54. The molecular weight excluding hydrogens is 308 g/mol. The van der Waals surface area contributed by atoms with Crippen LogP contribution in [-0.2, 0) is 4.74 Å². The van der Waals surface area contributed by atoms with E-state index in [2.05, 4.69) is 43.5 Å². The lowest BCUT2D eigenvalue weighted by Gasteiger charge is -2.22. The van der Waals surface area contributed by atoms with Gasteiger partial charge in [-0.15, -0.1) is 0 Å². The van der Waals surface area contributed by atoms with Gasteiger partial charge < -0.3 is 15.4 Å². The first-order valence-corrected chi connectivity index (χ1v) is 7.66. The molecular formula is C13H21BrN4O. The van der Waals surface area contributed by atoms with Gasteiger partial charge in [0.15, 0.2) is 0 Å². The molecule has 0 saturated carbocycles. The quantitative estimate of drug-likeness (QED) is 0.840. The Morgan fingerprint density at radius 1 is 1.26 bits per heavy atom. The molecule has 1 fully saturated rings. The Morgan fingerprint density at radius 3 is 2.63 bits per heavy atom. The summed E-state index contributed by atoms with van der Waals surface area (Å²) in [6, 6.07) is 0. The van der Waals surface area contributed by atoms with Crippen LogP contribution in [0.1, 0.15) is 26.2 Å². The molecule has 0 bridgehead atoms. The standard InChI is InChI=1S/C13H21BrN4O/c1-2-5-15-12-11(14)13(18-9-17-12)16-8-10-3-6-19-7-4-10/h9-10H,2-8H2,1H3,(H2,15,16,17,18). The second-order valence-electron chi connectivity index (χ2n) is 4.75. The minimum Gasteiger partial charge on any atom is -0.381 e. The molecule has 0 amide bonds. The van der Waals surface area contributed by atoms with Gasteiger partial charge >= 0.3 is 0 Å². The van der Waals surface area contributed by atoms with Crippen molar-refractivity contribution in [2.24, 2.45) is 5.92 Å². The Hall–Kier alpha value is -0.880. The molecule has 0 aromatic carbocycles. The SMILES string of the molecule is CCCNc1ncnc(NCC2CCOCC2)c1Br. The maximum atomic E-state index is 5.37. The number of aromatic nitrogens is 2. The molecule has 106 valence electrons. The molecule has 0 aliphatic carbocycles. The number of hydrogen-bond acceptors (Lipinski definition) is 5. The summed E-state index contributed by atoms with van der Waals surface area (Å²) >= 11 is 3.56. The van der Waals surface area contributed by atoms with Crippen molar-refractivity contribution in [1.82, 2.24) is 9.97 Å². The van der Waals surface area contributed by atoms with Crippen LogP contribution in [0.5, 0.6) is 0 Å². The Kier molecular flexibility index (Phi) is 5.85. The van der Waals surface area contributed by atoms with E-state index in [-0.39, 0.29) is 0 Å². The van der Waals surface area contributed by atoms with Gasteiger partial charge in [0.1, 0.15) is 22.4 Å². The zero-order valence-corrected chi connectivity index (χ0v) is 12.9. The predicted octanol–water partition coefficient (Wildman–Crippen LogP) is 2.90. The molecule has 0 radical (unpaired) electrons. The van der Waals surface area contributed by atoms with E-state index < -0.39 is 0 Å². The van der Waals surface area contributed by atoms with Gasteiger partial charge in [0.25, 0.3) is 0 Å². The highest BCUT2D eigenvalue weighted by molar-refractivity contribution is 9.10. The van der Waals surface area contributed by atoms with Crippen molar-refractivity contribution in [1.29, 1.82) is 0 Å². The van der Waals surface area contributed by atoms with Gasteiger partial charge in [-0.3, -0.25) is 0 Å². The Balaban J connectivity index is 1.91. The van der Waals surface area contributed by atoms with Crippen LogP contribution in [0, 0.1) is 5.92 Å². The van der Waals surface area contributed by atoms with E-state index in [1.54, 1.807) is 6.33 Å². The molecule has 1 aliphatic rings. The average Bonchev–Trinajstić information content (AvgIpc) is 2.46. The number of nitrogens with zero attached hydrogens (tertiary/aromatic N) is 2. The van der Waals surface area contributed by atoms with Crippen LogP contribution in [0.4, 0.5) is 11.6 Å². The first-order valence-electron chi connectivity index (χ1n) is 6.87. The topological polar surface area (TPSA) is 59.1 Å². The summed E-state index contributed by atoms with van der Waals surface area (Å²) in [7, 11) is 0. The summed E-state index contributed by atoms with van der Waals surface area (Å²) in [6.07, 6.45) is 4.91. The van der Waals surface area contributed by atoms with Crippen LogP contribution >= 0.6 is 15.9 Å². The summed E-state index contributed by atoms with van der Waals surface area (Å²) in [6.45, 7) is 5.73. The molecule has 0 unspecified atom stereocenters. The summed E-state index contributed by atoms with van der Waals surface area (Å²) in [5.74, 6) is 2.38. The van der Waals surface area contributed by atoms with E-state index in [0.29, 0.717) is 5.92 Å². The fourth-order valence-corrected chi connectivity index (χ4v) is 2.54. The van der Waals surface area contributed by atoms with Crippen LogP contribution in [0.3, 0.4) is 0 Å². The van der Waals surface area contributed by atoms with Crippen molar-refractivity contribution >= 4 is 27.6 Å². The highest BCUT2D eigenvalue weighted by Crippen LogP contribution is 2.27. The third-order valence-electron chi connectivity index (χ3n) is 3.23. The van der Waals surface area contributed by atoms with Crippen LogP contribution in [-0.4, -0.2) is 36.3 Å². The number of halogens is 1. The van der Waals surface area contributed by atoms with Crippen molar-refractivity contribution in [3.63, 3.8) is 0 Å². The van der Waals surface area contributed by atoms with Gasteiger partial charge in [-0.25, -0.2) is 9.97 Å². The second kappa shape index (κ2) is 7.65. The zero-order valence-electron chi connectivity index (χ0n) is 11.3. The fraction of sp³-hybridized carbons (Fsp3) is 0.692. The number of ether oxygens (including phenoxy) is 1. The summed E-state index contributed by atoms with van der Waals surface area (Å²) in [5, 5.41) is 6.69. The zero-order chi connectivity index (χ0) is 13.5. The first kappa shape index (κ1) is 14.5. The molecule has 19 heavy (non-hydrogen) atoms. The van der Waals surface area contributed by atoms with Gasteiger partial charge in [0, 0.05) is 26.3 Å². The molecule has 2 N–H and O–H groups in total. The van der Waals surface area contributed by atoms with Crippen LogP contribution in [0.15, 0.2) is 10.8 Å². The Labute approximate surface area is 122 Å². The minimum atomic E-state index is 0.669. The van der Waals surface area contributed by atoms with Crippen LogP contribution in [0.2, 0.25) is 0 Å². The number of hydrogen-bond donors (Lipinski definition) is 2. The van der Waals surface area contributed by atoms with E-state index in [0.717, 1.165) is 61.7 Å². The molecule has 1 aliphatic heterocycles. The van der Waals surface area contributed by atoms with Gasteiger partial charge in [0.2, 0.25) is 0 Å². The van der Waals surface area contributed by atoms with Crippen LogP contribution < -0.4 is 10.6 Å². The third kappa shape index (κ3) is 4.31. The smallest absolute Gasteiger partial charge is 0.145 e. The van der Waals surface area contributed by atoms with E-state index in [4.69, 9.17) is 4.74 Å². The number of anilines is 2. The molecule has 1 aromatic rings. The van der Waals surface area contributed by atoms with Crippen molar-refractivity contribution in [3.8, 4) is 0 Å². The summed E-state index contributed by atoms with van der Waals surface area (Å²) < 4.78 is 6.28. The average molecular weight is 329 g/mol. The maximum Gasteiger partial charge on any atom is 0.145 e. The van der Waals surface area contributed by atoms with E-state index in [9.17, 15) is 0 Å². The number of rotatable bonds is 6. The van der Waals surface area contributed by atoms with Crippen molar-refractivity contribution in [2.45, 2.75) is 26.2 Å². The highest BCUT2D eigenvalue weighted by atomic mass is 79.9. The van der Waals surface area contributed by atoms with Crippen molar-refractivity contribution < 1.29 is 4.74 Å². The monoisotopic (exact) mass is 328 g/mol. The minimum absolute atomic E-state index is 0.669. The molecule has 0 spiro atoms. The lowest BCUT2D eigenvalue weighted by Crippen LogP contribution is -2.23. The largest absolute Gasteiger partial charge is 0.381 e. The molecule has 1 saturated heterocycles. The first-order chi connectivity index (χ1) is 9.31. The third-order valence-corrected chi connectivity index (χ3v) is 3.98. The molecule has 1 aromatic heterocycles. The molecule has 2 rings (SSSR count). The maximum absolute atomic E-state index is 5.37. The molecule has 5 nitrogen and oxygen atoms in total. The lowest BCUT2D eigenvalue weighted by atomic mass is 10.0. The van der Waals surface area contributed by atoms with E-state index in [1.165, 1.54) is 0 Å². The highest BCUT2D eigenvalue weighted by Gasteiger charge is 2.15. The molecule has 2 heterocycles. The van der Waals surface area contributed by atoms with Crippen molar-refractivity contribution in [2.75, 3.05) is 36.9 Å². The fourth-order valence-electron chi connectivity index (χ4n) is 2.05. The number of nitrogens with one attached hydrogen (secondary N) is 2. The summed E-state index contributed by atoms with van der Waals surface area (Å²) in [4.78, 5) is 8.53. The van der Waals surface area contributed by atoms with E-state index >= 15 is 0 Å². The van der Waals surface area contributed by atoms with Gasteiger partial charge in [0.05, 0.1) is 0 Å². The van der Waals surface area contributed by atoms with Gasteiger partial charge in [-0.2, -0.15) is 0 Å². The van der Waals surface area contributed by atoms with Gasteiger partial charge in [-0.05, 0) is 41.1 Å². The lowest BCUT2D eigenvalue weighted by molar-refractivity contribution is 0.0699. The Bertz CT molecular complexity index is 396. The van der Waals surface area contributed by atoms with Crippen LogP contribution in [0.25, 0.3) is 0 Å². The van der Waals surface area contributed by atoms with Gasteiger partial charge in [-0.1, -0.05) is 6.92 Å².